The van der Waals surface area contributed by atoms with E-state index in [2.05, 4.69) is 0 Å². The topological polar surface area (TPSA) is 26.3 Å². The van der Waals surface area contributed by atoms with E-state index in [1.165, 1.54) is 18.2 Å². The molecule has 0 aliphatic carbocycles. The number of Topliss-reactive ketones (excluding diaryl/α,β-unsaturated/α-hetero) is 1. The van der Waals surface area contributed by atoms with Crippen molar-refractivity contribution in [2.24, 2.45) is 0 Å². The third-order valence-electron chi connectivity index (χ3n) is 2.54. The van der Waals surface area contributed by atoms with Gasteiger partial charge < -0.3 is 4.74 Å². The van der Waals surface area contributed by atoms with E-state index in [1.807, 2.05) is 18.2 Å². The van der Waals surface area contributed by atoms with Gasteiger partial charge >= 0.3 is 0 Å². The van der Waals surface area contributed by atoms with Crippen molar-refractivity contribution in [2.45, 2.75) is 6.42 Å². The number of hydrogen-bond acceptors (Lipinski definition) is 2. The molecule has 2 rings (SSSR count). The van der Waals surface area contributed by atoms with Gasteiger partial charge in [-0.05, 0) is 35.9 Å². The number of rotatable bonds is 5. The van der Waals surface area contributed by atoms with Gasteiger partial charge in [-0.25, -0.2) is 4.39 Å². The lowest BCUT2D eigenvalue weighted by Gasteiger charge is -2.06. The largest absolute Gasteiger partial charge is 0.486 e. The van der Waals surface area contributed by atoms with E-state index >= 15 is 0 Å². The maximum atomic E-state index is 13.4. The first-order valence-electron chi connectivity index (χ1n) is 5.78. The van der Waals surface area contributed by atoms with Crippen molar-refractivity contribution in [3.05, 3.63) is 64.9 Å². The summed E-state index contributed by atoms with van der Waals surface area (Å²) in [5.41, 5.74) is 0.286. The van der Waals surface area contributed by atoms with Crippen molar-refractivity contribution in [1.82, 2.24) is 0 Å². The van der Waals surface area contributed by atoms with Crippen LogP contribution in [-0.4, -0.2) is 12.4 Å². The van der Waals surface area contributed by atoms with Crippen molar-refractivity contribution >= 4 is 17.4 Å². The molecule has 0 aliphatic heterocycles. The predicted octanol–water partition coefficient (Wildman–Crippen LogP) is 3.67. The molecule has 98 valence electrons. The summed E-state index contributed by atoms with van der Waals surface area (Å²) in [5, 5.41) is 0.410. The normalized spacial score (nSPS) is 10.2. The van der Waals surface area contributed by atoms with Gasteiger partial charge in [0.25, 0.3) is 0 Å². The third-order valence-corrected chi connectivity index (χ3v) is 2.77. The van der Waals surface area contributed by atoms with Gasteiger partial charge in [0.2, 0.25) is 0 Å². The molecule has 0 amide bonds. The monoisotopic (exact) mass is 278 g/mol. The number of halogens is 2. The second kappa shape index (κ2) is 6.34. The van der Waals surface area contributed by atoms with Crippen LogP contribution in [0, 0.1) is 5.82 Å². The molecule has 0 unspecified atom stereocenters. The van der Waals surface area contributed by atoms with E-state index in [0.29, 0.717) is 10.8 Å². The Morgan fingerprint density at radius 3 is 2.63 bits per heavy atom. The molecule has 0 atom stereocenters. The molecule has 0 aromatic heterocycles. The van der Waals surface area contributed by atoms with Gasteiger partial charge in [-0.3, -0.25) is 4.79 Å². The number of carbonyl (C=O) groups is 1. The molecule has 4 heteroatoms. The van der Waals surface area contributed by atoms with Crippen LogP contribution in [0.3, 0.4) is 0 Å². The zero-order valence-corrected chi connectivity index (χ0v) is 10.9. The third kappa shape index (κ3) is 4.07. The summed E-state index contributed by atoms with van der Waals surface area (Å²) < 4.78 is 18.7. The number of hydrogen-bond donors (Lipinski definition) is 0. The van der Waals surface area contributed by atoms with Crippen LogP contribution in [0.15, 0.2) is 48.5 Å². The van der Waals surface area contributed by atoms with E-state index in [4.69, 9.17) is 16.3 Å². The molecule has 0 N–H and O–H groups in total. The van der Waals surface area contributed by atoms with Gasteiger partial charge in [-0.2, -0.15) is 0 Å². The fourth-order valence-electron chi connectivity index (χ4n) is 1.62. The summed E-state index contributed by atoms with van der Waals surface area (Å²) in [4.78, 5) is 11.7. The first kappa shape index (κ1) is 13.6. The second-order valence-corrected chi connectivity index (χ2v) is 4.49. The highest BCUT2D eigenvalue weighted by atomic mass is 35.5. The zero-order valence-electron chi connectivity index (χ0n) is 10.1. The Morgan fingerprint density at radius 2 is 1.89 bits per heavy atom. The molecule has 0 heterocycles. The van der Waals surface area contributed by atoms with Crippen LogP contribution >= 0.6 is 11.6 Å². The van der Waals surface area contributed by atoms with Gasteiger partial charge in [0.1, 0.15) is 18.2 Å². The van der Waals surface area contributed by atoms with E-state index < -0.39 is 5.82 Å². The summed E-state index contributed by atoms with van der Waals surface area (Å²) >= 11 is 5.76. The van der Waals surface area contributed by atoms with Crippen LogP contribution in [0.4, 0.5) is 4.39 Å². The Labute approximate surface area is 115 Å². The molecule has 0 aliphatic rings. The number of ether oxygens (including phenoxy) is 1. The van der Waals surface area contributed by atoms with Gasteiger partial charge in [-0.1, -0.05) is 29.8 Å². The molecule has 0 radical (unpaired) electrons. The smallest absolute Gasteiger partial charge is 0.174 e. The molecule has 2 aromatic rings. The van der Waals surface area contributed by atoms with Crippen LogP contribution in [0.2, 0.25) is 5.02 Å². The Balaban J connectivity index is 1.93. The highest BCUT2D eigenvalue weighted by molar-refractivity contribution is 6.30. The van der Waals surface area contributed by atoms with Crippen molar-refractivity contribution in [1.29, 1.82) is 0 Å². The maximum Gasteiger partial charge on any atom is 0.174 e. The van der Waals surface area contributed by atoms with Crippen LogP contribution in [0.5, 0.6) is 5.75 Å². The average molecular weight is 279 g/mol. The molecule has 0 bridgehead atoms. The van der Waals surface area contributed by atoms with Crippen molar-refractivity contribution in [2.75, 3.05) is 6.61 Å². The Kier molecular flexibility index (Phi) is 4.53. The minimum Gasteiger partial charge on any atom is -0.486 e. The lowest BCUT2D eigenvalue weighted by Crippen LogP contribution is -2.14. The zero-order chi connectivity index (χ0) is 13.7. The summed E-state index contributed by atoms with van der Waals surface area (Å²) in [6.45, 7) is -0.0873. The lowest BCUT2D eigenvalue weighted by molar-refractivity contribution is -0.120. The molecule has 2 aromatic carbocycles. The summed E-state index contributed by atoms with van der Waals surface area (Å²) in [6.07, 6.45) is -0.0285. The van der Waals surface area contributed by atoms with Crippen LogP contribution < -0.4 is 4.74 Å². The van der Waals surface area contributed by atoms with Crippen molar-refractivity contribution in [3.63, 3.8) is 0 Å². The lowest BCUT2D eigenvalue weighted by atomic mass is 10.1. The maximum absolute atomic E-state index is 13.4. The van der Waals surface area contributed by atoms with Gasteiger partial charge in [0.05, 0.1) is 0 Å². The van der Waals surface area contributed by atoms with Crippen LogP contribution in [-0.2, 0) is 11.2 Å². The number of carbonyl (C=O) groups excluding carboxylic acids is 1. The van der Waals surface area contributed by atoms with Crippen LogP contribution in [0.25, 0.3) is 0 Å². The summed E-state index contributed by atoms with van der Waals surface area (Å²) in [5.74, 6) is -0.0232. The minimum absolute atomic E-state index is 0.0285. The molecular formula is C15H12ClFO2. The van der Waals surface area contributed by atoms with Gasteiger partial charge in [-0.15, -0.1) is 0 Å². The van der Waals surface area contributed by atoms with Crippen molar-refractivity contribution in [3.8, 4) is 5.75 Å². The molecule has 0 fully saturated rings. The van der Waals surface area contributed by atoms with E-state index in [-0.39, 0.29) is 24.4 Å². The highest BCUT2D eigenvalue weighted by Crippen LogP contribution is 2.16. The Hall–Kier alpha value is -1.87. The molecule has 19 heavy (non-hydrogen) atoms. The minimum atomic E-state index is -0.433. The second-order valence-electron chi connectivity index (χ2n) is 4.05. The van der Waals surface area contributed by atoms with Gasteiger partial charge in [0.15, 0.2) is 5.78 Å². The summed E-state index contributed by atoms with van der Waals surface area (Å²) in [7, 11) is 0. The molecule has 0 saturated carbocycles. The predicted molar refractivity (Wildman–Crippen MR) is 72.1 cm³/mol. The fraction of sp³-hybridized carbons (Fsp3) is 0.133. The Bertz CT molecular complexity index is 570. The highest BCUT2D eigenvalue weighted by Gasteiger charge is 2.09. The molecule has 0 spiro atoms. The van der Waals surface area contributed by atoms with E-state index in [9.17, 15) is 9.18 Å². The standard InChI is InChI=1S/C15H12ClFO2/c16-12-6-7-15(17)11(8-12)9-13(18)10-19-14-4-2-1-3-5-14/h1-8H,9-10H2. The fourth-order valence-corrected chi connectivity index (χ4v) is 1.82. The Morgan fingerprint density at radius 1 is 1.16 bits per heavy atom. The molecule has 0 saturated heterocycles. The van der Waals surface area contributed by atoms with E-state index in [1.54, 1.807) is 12.1 Å². The van der Waals surface area contributed by atoms with Crippen LogP contribution in [0.1, 0.15) is 5.56 Å². The summed E-state index contributed by atoms with van der Waals surface area (Å²) in [6, 6.07) is 13.2. The molecular weight excluding hydrogens is 267 g/mol. The van der Waals surface area contributed by atoms with Crippen molar-refractivity contribution < 1.29 is 13.9 Å². The van der Waals surface area contributed by atoms with E-state index in [0.717, 1.165) is 0 Å². The number of ketones is 1. The number of benzene rings is 2. The number of para-hydroxylation sites is 1. The quantitative estimate of drug-likeness (QED) is 0.834. The first-order valence-corrected chi connectivity index (χ1v) is 6.16. The average Bonchev–Trinajstić information content (AvgIpc) is 2.42. The van der Waals surface area contributed by atoms with Gasteiger partial charge in [0, 0.05) is 11.4 Å². The SMILES string of the molecule is O=C(COc1ccccc1)Cc1cc(Cl)ccc1F. The first-order chi connectivity index (χ1) is 9.15. The molecule has 2 nitrogen and oxygen atoms in total.